The molecule has 1 aromatic carbocycles. The van der Waals surface area contributed by atoms with E-state index in [1.165, 1.54) is 17.5 Å². The summed E-state index contributed by atoms with van der Waals surface area (Å²) in [5.74, 6) is -0.416. The molecule has 2 aromatic rings. The zero-order valence-electron chi connectivity index (χ0n) is 10.5. The molecule has 6 heteroatoms. The van der Waals surface area contributed by atoms with Gasteiger partial charge in [-0.3, -0.25) is 4.79 Å². The van der Waals surface area contributed by atoms with Gasteiger partial charge in [-0.2, -0.15) is 5.26 Å². The Hall–Kier alpha value is -2.65. The van der Waals surface area contributed by atoms with Gasteiger partial charge in [0, 0.05) is 24.3 Å². The van der Waals surface area contributed by atoms with Gasteiger partial charge in [-0.15, -0.1) is 11.3 Å². The van der Waals surface area contributed by atoms with Crippen molar-refractivity contribution in [2.45, 2.75) is 6.54 Å². The van der Waals surface area contributed by atoms with E-state index in [1.54, 1.807) is 11.6 Å². The number of amides is 1. The van der Waals surface area contributed by atoms with Crippen molar-refractivity contribution < 1.29 is 4.79 Å². The number of hydrogen-bond acceptors (Lipinski definition) is 5. The van der Waals surface area contributed by atoms with Crippen molar-refractivity contribution in [1.29, 1.82) is 5.26 Å². The van der Waals surface area contributed by atoms with E-state index in [9.17, 15) is 4.79 Å². The Kier molecular flexibility index (Phi) is 4.87. The molecule has 1 amide bonds. The predicted molar refractivity (Wildman–Crippen MR) is 77.7 cm³/mol. The second-order valence-corrected chi connectivity index (χ2v) is 4.71. The lowest BCUT2D eigenvalue weighted by Crippen LogP contribution is -2.24. The highest BCUT2D eigenvalue weighted by molar-refractivity contribution is 7.13. The Labute approximate surface area is 120 Å². The second kappa shape index (κ2) is 7.07. The summed E-state index contributed by atoms with van der Waals surface area (Å²) in [4.78, 5) is 15.8. The van der Waals surface area contributed by atoms with Crippen LogP contribution in [0.3, 0.4) is 0 Å². The van der Waals surface area contributed by atoms with E-state index in [2.05, 4.69) is 15.6 Å². The third kappa shape index (κ3) is 3.93. The Balaban J connectivity index is 1.92. The van der Waals surface area contributed by atoms with E-state index < -0.39 is 5.91 Å². The molecule has 0 unspecified atom stereocenters. The number of carbonyl (C=O) groups excluding carboxylic acids is 1. The maximum Gasteiger partial charge on any atom is 0.263 e. The van der Waals surface area contributed by atoms with Crippen LogP contribution >= 0.6 is 11.3 Å². The first-order valence-corrected chi connectivity index (χ1v) is 6.76. The van der Waals surface area contributed by atoms with E-state index in [4.69, 9.17) is 5.26 Å². The van der Waals surface area contributed by atoms with Crippen molar-refractivity contribution in [3.8, 4) is 6.07 Å². The van der Waals surface area contributed by atoms with Crippen LogP contribution in [-0.2, 0) is 11.3 Å². The van der Waals surface area contributed by atoms with Crippen LogP contribution in [0.5, 0.6) is 0 Å². The summed E-state index contributed by atoms with van der Waals surface area (Å²) < 4.78 is 0. The molecule has 0 bridgehead atoms. The molecule has 2 rings (SSSR count). The van der Waals surface area contributed by atoms with Crippen molar-refractivity contribution in [2.24, 2.45) is 0 Å². The van der Waals surface area contributed by atoms with Crippen LogP contribution in [0.2, 0.25) is 0 Å². The Morgan fingerprint density at radius 1 is 1.40 bits per heavy atom. The minimum Gasteiger partial charge on any atom is -0.347 e. The number of rotatable bonds is 5. The maximum atomic E-state index is 11.8. The van der Waals surface area contributed by atoms with E-state index in [0.717, 1.165) is 5.56 Å². The number of hydrogen-bond donors (Lipinski definition) is 2. The van der Waals surface area contributed by atoms with Crippen LogP contribution in [0.25, 0.3) is 0 Å². The van der Waals surface area contributed by atoms with Gasteiger partial charge in [0.15, 0.2) is 5.13 Å². The summed E-state index contributed by atoms with van der Waals surface area (Å²) in [7, 11) is 0. The van der Waals surface area contributed by atoms with Gasteiger partial charge in [0.05, 0.1) is 0 Å². The minimum atomic E-state index is -0.416. The monoisotopic (exact) mass is 284 g/mol. The van der Waals surface area contributed by atoms with Gasteiger partial charge < -0.3 is 10.6 Å². The van der Waals surface area contributed by atoms with Gasteiger partial charge in [-0.1, -0.05) is 30.3 Å². The smallest absolute Gasteiger partial charge is 0.263 e. The van der Waals surface area contributed by atoms with Crippen LogP contribution in [0, 0.1) is 11.3 Å². The summed E-state index contributed by atoms with van der Waals surface area (Å²) >= 11 is 1.39. The first-order valence-electron chi connectivity index (χ1n) is 5.88. The molecule has 0 spiro atoms. The van der Waals surface area contributed by atoms with E-state index >= 15 is 0 Å². The first-order chi connectivity index (χ1) is 9.79. The van der Waals surface area contributed by atoms with Gasteiger partial charge in [-0.05, 0) is 5.56 Å². The number of benzene rings is 1. The summed E-state index contributed by atoms with van der Waals surface area (Å²) in [5, 5.41) is 16.9. The summed E-state index contributed by atoms with van der Waals surface area (Å²) in [6.07, 6.45) is 3.00. The van der Waals surface area contributed by atoms with Gasteiger partial charge in [0.2, 0.25) is 0 Å². The largest absolute Gasteiger partial charge is 0.347 e. The molecule has 100 valence electrons. The molecule has 0 atom stereocenters. The second-order valence-electron chi connectivity index (χ2n) is 3.82. The molecule has 0 saturated heterocycles. The van der Waals surface area contributed by atoms with E-state index in [0.29, 0.717) is 11.7 Å². The molecular weight excluding hydrogens is 272 g/mol. The standard InChI is InChI=1S/C14H12N4OS/c15-8-12(10-18-14-16-6-7-20-14)13(19)17-9-11-4-2-1-3-5-11/h1-7,10H,9H2,(H,16,18)(H,17,19)/b12-10-. The molecule has 1 heterocycles. The van der Waals surface area contributed by atoms with Gasteiger partial charge in [0.25, 0.3) is 5.91 Å². The summed E-state index contributed by atoms with van der Waals surface area (Å²) in [5.41, 5.74) is 0.988. The van der Waals surface area contributed by atoms with Crippen molar-refractivity contribution in [1.82, 2.24) is 10.3 Å². The average molecular weight is 284 g/mol. The fraction of sp³-hybridized carbons (Fsp3) is 0.0714. The molecule has 2 N–H and O–H groups in total. The van der Waals surface area contributed by atoms with Gasteiger partial charge in [0.1, 0.15) is 11.6 Å². The highest BCUT2D eigenvalue weighted by Gasteiger charge is 2.08. The lowest BCUT2D eigenvalue weighted by molar-refractivity contribution is -0.117. The lowest BCUT2D eigenvalue weighted by atomic mass is 10.2. The lowest BCUT2D eigenvalue weighted by Gasteiger charge is -2.04. The number of nitrogens with zero attached hydrogens (tertiary/aromatic N) is 2. The quantitative estimate of drug-likeness (QED) is 0.652. The predicted octanol–water partition coefficient (Wildman–Crippen LogP) is 2.28. The molecule has 0 fully saturated rings. The van der Waals surface area contributed by atoms with Crippen LogP contribution in [0.4, 0.5) is 5.13 Å². The van der Waals surface area contributed by atoms with E-state index in [-0.39, 0.29) is 5.57 Å². The zero-order valence-corrected chi connectivity index (χ0v) is 11.4. The number of aromatic nitrogens is 1. The molecule has 0 aliphatic carbocycles. The average Bonchev–Trinajstić information content (AvgIpc) is 3.00. The molecule has 1 aromatic heterocycles. The van der Waals surface area contributed by atoms with E-state index in [1.807, 2.05) is 36.4 Å². The third-order valence-corrected chi connectivity index (χ3v) is 3.14. The highest BCUT2D eigenvalue weighted by atomic mass is 32.1. The highest BCUT2D eigenvalue weighted by Crippen LogP contribution is 2.10. The van der Waals surface area contributed by atoms with Crippen molar-refractivity contribution in [2.75, 3.05) is 5.32 Å². The first kappa shape index (κ1) is 13.8. The minimum absolute atomic E-state index is 0.0103. The number of nitriles is 1. The summed E-state index contributed by atoms with van der Waals surface area (Å²) in [6, 6.07) is 11.4. The van der Waals surface area contributed by atoms with Gasteiger partial charge in [-0.25, -0.2) is 4.98 Å². The molecule has 0 aliphatic rings. The normalized spacial score (nSPS) is 10.7. The van der Waals surface area contributed by atoms with Crippen molar-refractivity contribution >= 4 is 22.4 Å². The molecule has 0 saturated carbocycles. The topological polar surface area (TPSA) is 77.8 Å². The molecule has 0 radical (unpaired) electrons. The molecule has 5 nitrogen and oxygen atoms in total. The van der Waals surface area contributed by atoms with Crippen LogP contribution in [-0.4, -0.2) is 10.9 Å². The Morgan fingerprint density at radius 3 is 2.85 bits per heavy atom. The fourth-order valence-corrected chi connectivity index (χ4v) is 1.95. The number of nitrogens with one attached hydrogen (secondary N) is 2. The zero-order chi connectivity index (χ0) is 14.2. The maximum absolute atomic E-state index is 11.8. The number of carbonyl (C=O) groups is 1. The number of anilines is 1. The van der Waals surface area contributed by atoms with Crippen molar-refractivity contribution in [3.63, 3.8) is 0 Å². The Morgan fingerprint density at radius 2 is 2.20 bits per heavy atom. The molecule has 0 aliphatic heterocycles. The fourth-order valence-electron chi connectivity index (χ4n) is 1.45. The molecular formula is C14H12N4OS. The number of thiazole rings is 1. The van der Waals surface area contributed by atoms with Crippen LogP contribution in [0.1, 0.15) is 5.56 Å². The van der Waals surface area contributed by atoms with Crippen LogP contribution < -0.4 is 10.6 Å². The van der Waals surface area contributed by atoms with Crippen molar-refractivity contribution in [3.05, 3.63) is 59.2 Å². The third-order valence-electron chi connectivity index (χ3n) is 2.43. The van der Waals surface area contributed by atoms with Gasteiger partial charge >= 0.3 is 0 Å². The molecule has 20 heavy (non-hydrogen) atoms. The Bertz CT molecular complexity index is 629. The summed E-state index contributed by atoms with van der Waals surface area (Å²) in [6.45, 7) is 0.385. The SMILES string of the molecule is N#C/C(=C/Nc1nccs1)C(=O)NCc1ccccc1. The van der Waals surface area contributed by atoms with Crippen LogP contribution in [0.15, 0.2) is 53.7 Å².